The largest absolute Gasteiger partial charge is 0.452 e. The van der Waals surface area contributed by atoms with Crippen molar-refractivity contribution in [3.63, 3.8) is 0 Å². The molecule has 0 aliphatic rings. The topological polar surface area (TPSA) is 68.3 Å². The lowest BCUT2D eigenvalue weighted by Gasteiger charge is -2.17. The van der Waals surface area contributed by atoms with Crippen LogP contribution in [0.2, 0.25) is 0 Å². The second-order valence-electron chi connectivity index (χ2n) is 5.26. The van der Waals surface area contributed by atoms with Gasteiger partial charge < -0.3 is 10.1 Å². The number of aromatic nitrogens is 1. The molecule has 0 aliphatic heterocycles. The van der Waals surface area contributed by atoms with Gasteiger partial charge in [0.1, 0.15) is 0 Å². The van der Waals surface area contributed by atoms with Crippen LogP contribution in [0.15, 0.2) is 48.8 Å². The van der Waals surface area contributed by atoms with Crippen LogP contribution in [0, 0.1) is 6.92 Å². The number of rotatable bonds is 6. The fourth-order valence-electron chi connectivity index (χ4n) is 2.15. The highest BCUT2D eigenvalue weighted by molar-refractivity contribution is 5.90. The number of amides is 1. The summed E-state index contributed by atoms with van der Waals surface area (Å²) in [7, 11) is 0. The highest BCUT2D eigenvalue weighted by Crippen LogP contribution is 2.17. The first kappa shape index (κ1) is 16.7. The fourth-order valence-corrected chi connectivity index (χ4v) is 2.15. The summed E-state index contributed by atoms with van der Waals surface area (Å²) in [4.78, 5) is 27.6. The molecule has 0 saturated carbocycles. The number of ether oxygens (including phenoxy) is 1. The SMILES string of the molecule is CC[C@H](NC(=O)COC(=O)c1cccnc1)c1ccc(C)cc1. The Morgan fingerprint density at radius 1 is 1.22 bits per heavy atom. The van der Waals surface area contributed by atoms with E-state index in [9.17, 15) is 9.59 Å². The lowest BCUT2D eigenvalue weighted by molar-refractivity contribution is -0.125. The number of nitrogens with one attached hydrogen (secondary N) is 1. The summed E-state index contributed by atoms with van der Waals surface area (Å²) in [6.07, 6.45) is 3.73. The van der Waals surface area contributed by atoms with E-state index in [1.165, 1.54) is 11.8 Å². The number of hydrogen-bond donors (Lipinski definition) is 1. The number of esters is 1. The van der Waals surface area contributed by atoms with Crippen molar-refractivity contribution < 1.29 is 14.3 Å². The van der Waals surface area contributed by atoms with Crippen LogP contribution in [-0.2, 0) is 9.53 Å². The van der Waals surface area contributed by atoms with E-state index in [-0.39, 0.29) is 18.6 Å². The number of carbonyl (C=O) groups is 2. The van der Waals surface area contributed by atoms with E-state index in [0.29, 0.717) is 5.56 Å². The van der Waals surface area contributed by atoms with Gasteiger partial charge in [-0.15, -0.1) is 0 Å². The molecule has 23 heavy (non-hydrogen) atoms. The van der Waals surface area contributed by atoms with Gasteiger partial charge in [-0.1, -0.05) is 36.8 Å². The van der Waals surface area contributed by atoms with E-state index >= 15 is 0 Å². The van der Waals surface area contributed by atoms with E-state index in [1.807, 2.05) is 38.1 Å². The molecule has 0 bridgehead atoms. The molecule has 0 unspecified atom stereocenters. The molecular formula is C18H20N2O3. The van der Waals surface area contributed by atoms with Gasteiger partial charge in [0.25, 0.3) is 5.91 Å². The van der Waals surface area contributed by atoms with E-state index in [2.05, 4.69) is 10.3 Å². The molecular weight excluding hydrogens is 292 g/mol. The normalized spacial score (nSPS) is 11.6. The standard InChI is InChI=1S/C18H20N2O3/c1-3-16(14-8-6-13(2)7-9-14)20-17(21)12-23-18(22)15-5-4-10-19-11-15/h4-11,16H,3,12H2,1-2H3,(H,20,21)/t16-/m0/s1. The second-order valence-corrected chi connectivity index (χ2v) is 5.26. The summed E-state index contributed by atoms with van der Waals surface area (Å²) in [5, 5.41) is 2.88. The molecule has 1 heterocycles. The molecule has 1 amide bonds. The molecule has 1 atom stereocenters. The van der Waals surface area contributed by atoms with Gasteiger partial charge in [-0.25, -0.2) is 4.79 Å². The third-order valence-electron chi connectivity index (χ3n) is 3.45. The van der Waals surface area contributed by atoms with Crippen molar-refractivity contribution >= 4 is 11.9 Å². The summed E-state index contributed by atoms with van der Waals surface area (Å²) >= 11 is 0. The number of benzene rings is 1. The van der Waals surface area contributed by atoms with Gasteiger partial charge in [-0.2, -0.15) is 0 Å². The first-order valence-electron chi connectivity index (χ1n) is 7.53. The molecule has 2 rings (SSSR count). The molecule has 0 aliphatic carbocycles. The maximum absolute atomic E-state index is 12.0. The van der Waals surface area contributed by atoms with Crippen LogP contribution in [0.5, 0.6) is 0 Å². The lowest BCUT2D eigenvalue weighted by Crippen LogP contribution is -2.32. The highest BCUT2D eigenvalue weighted by Gasteiger charge is 2.15. The maximum atomic E-state index is 12.0. The molecule has 0 spiro atoms. The van der Waals surface area contributed by atoms with Crippen LogP contribution in [-0.4, -0.2) is 23.5 Å². The summed E-state index contributed by atoms with van der Waals surface area (Å²) in [5.74, 6) is -0.883. The van der Waals surface area contributed by atoms with Crippen LogP contribution in [0.4, 0.5) is 0 Å². The van der Waals surface area contributed by atoms with Crippen LogP contribution in [0.3, 0.4) is 0 Å². The smallest absolute Gasteiger partial charge is 0.340 e. The molecule has 2 aromatic rings. The molecule has 0 saturated heterocycles. The Morgan fingerprint density at radius 2 is 1.96 bits per heavy atom. The van der Waals surface area contributed by atoms with E-state index in [4.69, 9.17) is 4.74 Å². The van der Waals surface area contributed by atoms with Gasteiger partial charge in [-0.3, -0.25) is 9.78 Å². The number of aryl methyl sites for hydroxylation is 1. The predicted octanol–water partition coefficient (Wildman–Crippen LogP) is 2.81. The van der Waals surface area contributed by atoms with Crippen molar-refractivity contribution in [1.82, 2.24) is 10.3 Å². The zero-order valence-electron chi connectivity index (χ0n) is 13.3. The van der Waals surface area contributed by atoms with Crippen molar-refractivity contribution in [2.24, 2.45) is 0 Å². The first-order valence-corrected chi connectivity index (χ1v) is 7.53. The molecule has 0 fully saturated rings. The van der Waals surface area contributed by atoms with E-state index < -0.39 is 5.97 Å². The number of nitrogens with zero attached hydrogens (tertiary/aromatic N) is 1. The monoisotopic (exact) mass is 312 g/mol. The summed E-state index contributed by atoms with van der Waals surface area (Å²) in [6, 6.07) is 11.1. The van der Waals surface area contributed by atoms with E-state index in [0.717, 1.165) is 12.0 Å². The van der Waals surface area contributed by atoms with Gasteiger partial charge in [-0.05, 0) is 31.0 Å². The molecule has 1 N–H and O–H groups in total. The molecule has 1 aromatic carbocycles. The Labute approximate surface area is 135 Å². The van der Waals surface area contributed by atoms with Crippen molar-refractivity contribution in [2.45, 2.75) is 26.3 Å². The van der Waals surface area contributed by atoms with E-state index in [1.54, 1.807) is 18.3 Å². The van der Waals surface area contributed by atoms with Crippen molar-refractivity contribution in [1.29, 1.82) is 0 Å². The first-order chi connectivity index (χ1) is 11.1. The minimum Gasteiger partial charge on any atom is -0.452 e. The van der Waals surface area contributed by atoms with Gasteiger partial charge in [0.15, 0.2) is 6.61 Å². The Hall–Kier alpha value is -2.69. The Kier molecular flexibility index (Phi) is 5.86. The van der Waals surface area contributed by atoms with Crippen LogP contribution in [0.1, 0.15) is 40.9 Å². The quantitative estimate of drug-likeness (QED) is 0.833. The van der Waals surface area contributed by atoms with Gasteiger partial charge in [0.2, 0.25) is 0 Å². The van der Waals surface area contributed by atoms with Gasteiger partial charge in [0.05, 0.1) is 11.6 Å². The third kappa shape index (κ3) is 4.92. The predicted molar refractivity (Wildman–Crippen MR) is 86.9 cm³/mol. The Balaban J connectivity index is 1.88. The number of hydrogen-bond acceptors (Lipinski definition) is 4. The minimum absolute atomic E-state index is 0.0970. The third-order valence-corrected chi connectivity index (χ3v) is 3.45. The molecule has 0 radical (unpaired) electrons. The highest BCUT2D eigenvalue weighted by atomic mass is 16.5. The van der Waals surface area contributed by atoms with Crippen molar-refractivity contribution in [2.75, 3.05) is 6.61 Å². The second kappa shape index (κ2) is 8.08. The molecule has 5 nitrogen and oxygen atoms in total. The summed E-state index contributed by atoms with van der Waals surface area (Å²) < 4.78 is 5.00. The zero-order chi connectivity index (χ0) is 16.7. The Bertz CT molecular complexity index is 654. The Morgan fingerprint density at radius 3 is 2.57 bits per heavy atom. The molecule has 120 valence electrons. The van der Waals surface area contributed by atoms with Gasteiger partial charge >= 0.3 is 5.97 Å². The number of pyridine rings is 1. The lowest BCUT2D eigenvalue weighted by atomic mass is 10.0. The average molecular weight is 312 g/mol. The van der Waals surface area contributed by atoms with Gasteiger partial charge in [0, 0.05) is 12.4 Å². The van der Waals surface area contributed by atoms with Crippen molar-refractivity contribution in [3.8, 4) is 0 Å². The van der Waals surface area contributed by atoms with Crippen molar-refractivity contribution in [3.05, 3.63) is 65.5 Å². The molecule has 5 heteroatoms. The number of carbonyl (C=O) groups excluding carboxylic acids is 2. The van der Waals surface area contributed by atoms with Crippen LogP contribution >= 0.6 is 0 Å². The maximum Gasteiger partial charge on any atom is 0.340 e. The summed E-state index contributed by atoms with van der Waals surface area (Å²) in [5.41, 5.74) is 2.52. The minimum atomic E-state index is -0.559. The summed E-state index contributed by atoms with van der Waals surface area (Å²) in [6.45, 7) is 3.70. The fraction of sp³-hybridized carbons (Fsp3) is 0.278. The zero-order valence-corrected chi connectivity index (χ0v) is 13.3. The van der Waals surface area contributed by atoms with Crippen LogP contribution < -0.4 is 5.32 Å². The van der Waals surface area contributed by atoms with Crippen LogP contribution in [0.25, 0.3) is 0 Å². The average Bonchev–Trinajstić information content (AvgIpc) is 2.59. The molecule has 1 aromatic heterocycles.